The van der Waals surface area contributed by atoms with Crippen LogP contribution < -0.4 is 4.90 Å². The highest BCUT2D eigenvalue weighted by Crippen LogP contribution is 2.27. The van der Waals surface area contributed by atoms with Crippen LogP contribution in [0.4, 0.5) is 5.13 Å². The smallest absolute Gasteiger partial charge is 0.357 e. The van der Waals surface area contributed by atoms with Crippen LogP contribution in [0.15, 0.2) is 5.38 Å². The first-order chi connectivity index (χ1) is 10.3. The van der Waals surface area contributed by atoms with Crippen molar-refractivity contribution in [1.29, 1.82) is 0 Å². The minimum atomic E-state index is -0.330. The van der Waals surface area contributed by atoms with E-state index >= 15 is 0 Å². The maximum Gasteiger partial charge on any atom is 0.357 e. The first-order valence-corrected chi connectivity index (χ1v) is 8.35. The second kappa shape index (κ2) is 6.72. The molecule has 0 N–H and O–H groups in total. The Balaban J connectivity index is 1.59. The fourth-order valence-electron chi connectivity index (χ4n) is 2.86. The van der Waals surface area contributed by atoms with Gasteiger partial charge in [-0.2, -0.15) is 0 Å². The highest BCUT2D eigenvalue weighted by atomic mass is 32.1. The second-order valence-electron chi connectivity index (χ2n) is 5.27. The van der Waals surface area contributed by atoms with E-state index in [1.54, 1.807) is 12.3 Å². The molecule has 1 unspecified atom stereocenters. The molecule has 6 nitrogen and oxygen atoms in total. The van der Waals surface area contributed by atoms with E-state index in [0.29, 0.717) is 18.3 Å². The van der Waals surface area contributed by atoms with Gasteiger partial charge < -0.3 is 14.4 Å². The Labute approximate surface area is 128 Å². The zero-order chi connectivity index (χ0) is 14.7. The number of esters is 1. The molecule has 1 aromatic rings. The molecule has 1 aromatic heterocycles. The lowest BCUT2D eigenvalue weighted by Crippen LogP contribution is -2.44. The number of aromatic nitrogens is 1. The van der Waals surface area contributed by atoms with Gasteiger partial charge in [-0.1, -0.05) is 0 Å². The number of rotatable bonds is 4. The largest absolute Gasteiger partial charge is 0.461 e. The van der Waals surface area contributed by atoms with E-state index in [0.717, 1.165) is 50.9 Å². The molecule has 3 rings (SSSR count). The Hall–Kier alpha value is -1.18. The first-order valence-electron chi connectivity index (χ1n) is 7.47. The highest BCUT2D eigenvalue weighted by Gasteiger charge is 2.30. The third-order valence-electron chi connectivity index (χ3n) is 3.97. The zero-order valence-electron chi connectivity index (χ0n) is 12.3. The normalized spacial score (nSPS) is 23.5. The van der Waals surface area contributed by atoms with Gasteiger partial charge in [-0.05, 0) is 13.3 Å². The number of carbonyl (C=O) groups is 1. The number of nitrogens with zero attached hydrogens (tertiary/aromatic N) is 3. The molecule has 2 saturated heterocycles. The van der Waals surface area contributed by atoms with Crippen molar-refractivity contribution >= 4 is 22.4 Å². The Morgan fingerprint density at radius 2 is 2.29 bits per heavy atom. The van der Waals surface area contributed by atoms with Gasteiger partial charge in [-0.3, -0.25) is 4.90 Å². The second-order valence-corrected chi connectivity index (χ2v) is 6.11. The monoisotopic (exact) mass is 311 g/mol. The molecule has 1 atom stereocenters. The summed E-state index contributed by atoms with van der Waals surface area (Å²) < 4.78 is 10.4. The van der Waals surface area contributed by atoms with E-state index in [2.05, 4.69) is 14.8 Å². The molecule has 0 aliphatic carbocycles. The maximum atomic E-state index is 11.7. The molecular weight excluding hydrogens is 290 g/mol. The third-order valence-corrected chi connectivity index (χ3v) is 4.87. The van der Waals surface area contributed by atoms with E-state index in [1.807, 2.05) is 0 Å². The molecule has 7 heteroatoms. The van der Waals surface area contributed by atoms with Gasteiger partial charge in [-0.15, -0.1) is 11.3 Å². The van der Waals surface area contributed by atoms with Crippen LogP contribution in [-0.2, 0) is 9.47 Å². The molecule has 0 radical (unpaired) electrons. The van der Waals surface area contributed by atoms with Gasteiger partial charge in [0.25, 0.3) is 0 Å². The summed E-state index contributed by atoms with van der Waals surface area (Å²) in [6, 6.07) is 0.573. The van der Waals surface area contributed by atoms with E-state index in [9.17, 15) is 4.79 Å². The van der Waals surface area contributed by atoms with Gasteiger partial charge >= 0.3 is 5.97 Å². The predicted octanol–water partition coefficient (Wildman–Crippen LogP) is 1.23. The van der Waals surface area contributed by atoms with Crippen LogP contribution >= 0.6 is 11.3 Å². The average Bonchev–Trinajstić information content (AvgIpc) is 3.17. The number of hydrogen-bond acceptors (Lipinski definition) is 7. The number of anilines is 1. The summed E-state index contributed by atoms with van der Waals surface area (Å²) in [5.41, 5.74) is 0.423. The van der Waals surface area contributed by atoms with E-state index in [4.69, 9.17) is 9.47 Å². The van der Waals surface area contributed by atoms with Crippen molar-refractivity contribution in [1.82, 2.24) is 9.88 Å². The van der Waals surface area contributed by atoms with Gasteiger partial charge in [0.05, 0.1) is 19.8 Å². The summed E-state index contributed by atoms with van der Waals surface area (Å²) in [5.74, 6) is -0.330. The average molecular weight is 311 g/mol. The lowest BCUT2D eigenvalue weighted by atomic mass is 10.2. The predicted molar refractivity (Wildman–Crippen MR) is 81.1 cm³/mol. The molecule has 21 heavy (non-hydrogen) atoms. The van der Waals surface area contributed by atoms with Crippen LogP contribution in [0.1, 0.15) is 23.8 Å². The van der Waals surface area contributed by atoms with Gasteiger partial charge in [0.15, 0.2) is 10.8 Å². The van der Waals surface area contributed by atoms with Crippen molar-refractivity contribution in [3.8, 4) is 0 Å². The molecule has 2 aliphatic heterocycles. The topological polar surface area (TPSA) is 54.9 Å². The van der Waals surface area contributed by atoms with Gasteiger partial charge in [-0.25, -0.2) is 9.78 Å². The SMILES string of the molecule is CCOC(=O)c1csc(N2CCC(N3CCOCC3)C2)n1. The number of ether oxygens (including phenoxy) is 2. The van der Waals surface area contributed by atoms with Crippen LogP contribution in [0.3, 0.4) is 0 Å². The molecule has 0 bridgehead atoms. The van der Waals surface area contributed by atoms with Crippen LogP contribution in [0.5, 0.6) is 0 Å². The Bertz CT molecular complexity index is 488. The van der Waals surface area contributed by atoms with Gasteiger partial charge in [0, 0.05) is 37.6 Å². The third kappa shape index (κ3) is 3.36. The summed E-state index contributed by atoms with van der Waals surface area (Å²) in [5, 5.41) is 2.71. The standard InChI is InChI=1S/C14H21N3O3S/c1-2-20-13(18)12-10-21-14(15-12)17-4-3-11(9-17)16-5-7-19-8-6-16/h10-11H,2-9H2,1H3. The summed E-state index contributed by atoms with van der Waals surface area (Å²) >= 11 is 1.52. The fraction of sp³-hybridized carbons (Fsp3) is 0.714. The van der Waals surface area contributed by atoms with Crippen LogP contribution in [0, 0.1) is 0 Å². The van der Waals surface area contributed by atoms with Gasteiger partial charge in [0.2, 0.25) is 0 Å². The van der Waals surface area contributed by atoms with Crippen molar-refractivity contribution in [2.75, 3.05) is 50.9 Å². The molecule has 0 spiro atoms. The van der Waals surface area contributed by atoms with Crippen molar-refractivity contribution in [3.63, 3.8) is 0 Å². The Morgan fingerprint density at radius 1 is 1.48 bits per heavy atom. The molecular formula is C14H21N3O3S. The zero-order valence-corrected chi connectivity index (χ0v) is 13.1. The van der Waals surface area contributed by atoms with Crippen molar-refractivity contribution in [2.24, 2.45) is 0 Å². The Morgan fingerprint density at radius 3 is 3.05 bits per heavy atom. The van der Waals surface area contributed by atoms with Crippen LogP contribution in [-0.4, -0.2) is 67.9 Å². The lowest BCUT2D eigenvalue weighted by Gasteiger charge is -2.32. The summed E-state index contributed by atoms with van der Waals surface area (Å²) in [6.45, 7) is 7.87. The van der Waals surface area contributed by atoms with Crippen molar-refractivity contribution in [3.05, 3.63) is 11.1 Å². The highest BCUT2D eigenvalue weighted by molar-refractivity contribution is 7.13. The summed E-state index contributed by atoms with van der Waals surface area (Å²) in [6.07, 6.45) is 1.15. The number of hydrogen-bond donors (Lipinski definition) is 0. The minimum absolute atomic E-state index is 0.330. The van der Waals surface area contributed by atoms with E-state index in [-0.39, 0.29) is 5.97 Å². The number of carbonyl (C=O) groups excluding carboxylic acids is 1. The maximum absolute atomic E-state index is 11.7. The Kier molecular flexibility index (Phi) is 4.72. The van der Waals surface area contributed by atoms with E-state index in [1.165, 1.54) is 11.3 Å². The number of morpholine rings is 1. The van der Waals surface area contributed by atoms with Crippen LogP contribution in [0.2, 0.25) is 0 Å². The minimum Gasteiger partial charge on any atom is -0.461 e. The molecule has 0 saturated carbocycles. The van der Waals surface area contributed by atoms with Crippen molar-refractivity contribution in [2.45, 2.75) is 19.4 Å². The molecule has 116 valence electrons. The van der Waals surface area contributed by atoms with Gasteiger partial charge in [0.1, 0.15) is 0 Å². The molecule has 3 heterocycles. The number of thiazole rings is 1. The quantitative estimate of drug-likeness (QED) is 0.780. The first kappa shape index (κ1) is 14.7. The van der Waals surface area contributed by atoms with E-state index < -0.39 is 0 Å². The molecule has 2 aliphatic rings. The lowest BCUT2D eigenvalue weighted by molar-refractivity contribution is 0.0209. The molecule has 2 fully saturated rings. The molecule has 0 amide bonds. The summed E-state index contributed by atoms with van der Waals surface area (Å²) in [7, 11) is 0. The fourth-order valence-corrected chi connectivity index (χ4v) is 3.70. The summed E-state index contributed by atoms with van der Waals surface area (Å²) in [4.78, 5) is 20.9. The molecule has 0 aromatic carbocycles. The van der Waals surface area contributed by atoms with Crippen LogP contribution in [0.25, 0.3) is 0 Å². The van der Waals surface area contributed by atoms with Crippen molar-refractivity contribution < 1.29 is 14.3 Å².